The van der Waals surface area contributed by atoms with Gasteiger partial charge in [0, 0.05) is 11.6 Å². The zero-order valence-electron chi connectivity index (χ0n) is 11.7. The van der Waals surface area contributed by atoms with Gasteiger partial charge in [0.25, 0.3) is 0 Å². The summed E-state index contributed by atoms with van der Waals surface area (Å²) in [5.74, 6) is 0.783. The molecule has 0 spiro atoms. The van der Waals surface area contributed by atoms with Crippen LogP contribution in [0.25, 0.3) is 0 Å². The van der Waals surface area contributed by atoms with E-state index < -0.39 is 0 Å². The fraction of sp³-hybridized carbons (Fsp3) is 1.00. The summed E-state index contributed by atoms with van der Waals surface area (Å²) in [6.07, 6.45) is 11.7. The van der Waals surface area contributed by atoms with Crippen molar-refractivity contribution in [1.82, 2.24) is 0 Å². The van der Waals surface area contributed by atoms with E-state index in [-0.39, 0.29) is 17.0 Å². The molecule has 0 heterocycles. The first-order valence-corrected chi connectivity index (χ1v) is 7.53. The SMILES string of the molecule is CC(C)(C1CCCCC1)C1(N)CCCCC1N. The summed E-state index contributed by atoms with van der Waals surface area (Å²) in [4.78, 5) is 0. The Balaban J connectivity index is 2.16. The maximum absolute atomic E-state index is 6.79. The highest BCUT2D eigenvalue weighted by atomic mass is 14.9. The van der Waals surface area contributed by atoms with Crippen molar-refractivity contribution in [2.24, 2.45) is 22.8 Å². The lowest BCUT2D eigenvalue weighted by Gasteiger charge is -2.54. The molecule has 100 valence electrons. The van der Waals surface area contributed by atoms with Crippen molar-refractivity contribution in [3.63, 3.8) is 0 Å². The van der Waals surface area contributed by atoms with Crippen LogP contribution < -0.4 is 11.5 Å². The van der Waals surface area contributed by atoms with Crippen LogP contribution in [-0.2, 0) is 0 Å². The zero-order valence-corrected chi connectivity index (χ0v) is 11.7. The molecule has 2 aliphatic carbocycles. The Morgan fingerprint density at radius 3 is 2.12 bits per heavy atom. The second kappa shape index (κ2) is 4.89. The van der Waals surface area contributed by atoms with Crippen molar-refractivity contribution in [3.05, 3.63) is 0 Å². The van der Waals surface area contributed by atoms with Gasteiger partial charge in [0.1, 0.15) is 0 Å². The van der Waals surface area contributed by atoms with Crippen LogP contribution in [0, 0.1) is 11.3 Å². The van der Waals surface area contributed by atoms with Gasteiger partial charge in [0.05, 0.1) is 0 Å². The van der Waals surface area contributed by atoms with Crippen LogP contribution in [0.1, 0.15) is 71.6 Å². The monoisotopic (exact) mass is 238 g/mol. The number of hydrogen-bond acceptors (Lipinski definition) is 2. The van der Waals surface area contributed by atoms with E-state index in [1.54, 1.807) is 0 Å². The topological polar surface area (TPSA) is 52.0 Å². The van der Waals surface area contributed by atoms with Crippen molar-refractivity contribution in [2.75, 3.05) is 0 Å². The third kappa shape index (κ3) is 2.26. The van der Waals surface area contributed by atoms with E-state index in [2.05, 4.69) is 13.8 Å². The maximum atomic E-state index is 6.79. The Bertz CT molecular complexity index is 256. The summed E-state index contributed by atoms with van der Waals surface area (Å²) in [5.41, 5.74) is 13.2. The van der Waals surface area contributed by atoms with Gasteiger partial charge in [-0.1, -0.05) is 46.0 Å². The lowest BCUT2D eigenvalue weighted by atomic mass is 9.55. The minimum atomic E-state index is -0.132. The molecular weight excluding hydrogens is 208 g/mol. The minimum absolute atomic E-state index is 0.132. The smallest absolute Gasteiger partial charge is 0.0362 e. The average Bonchev–Trinajstić information content (AvgIpc) is 2.34. The van der Waals surface area contributed by atoms with E-state index in [9.17, 15) is 0 Å². The summed E-state index contributed by atoms with van der Waals surface area (Å²) in [6.45, 7) is 4.77. The summed E-state index contributed by atoms with van der Waals surface area (Å²) in [6, 6.07) is 0.202. The highest BCUT2D eigenvalue weighted by Gasteiger charge is 2.50. The maximum Gasteiger partial charge on any atom is 0.0362 e. The van der Waals surface area contributed by atoms with Crippen molar-refractivity contribution in [1.29, 1.82) is 0 Å². The number of hydrogen-bond donors (Lipinski definition) is 2. The Labute approximate surface area is 107 Å². The first-order valence-electron chi connectivity index (χ1n) is 7.53. The van der Waals surface area contributed by atoms with Crippen molar-refractivity contribution < 1.29 is 0 Å². The molecule has 0 aromatic heterocycles. The molecule has 2 rings (SSSR count). The quantitative estimate of drug-likeness (QED) is 0.776. The number of rotatable bonds is 2. The van der Waals surface area contributed by atoms with Gasteiger partial charge in [-0.25, -0.2) is 0 Å². The van der Waals surface area contributed by atoms with Crippen LogP contribution in [-0.4, -0.2) is 11.6 Å². The summed E-state index contributed by atoms with van der Waals surface area (Å²) < 4.78 is 0. The molecule has 4 N–H and O–H groups in total. The molecule has 0 aliphatic heterocycles. The van der Waals surface area contributed by atoms with E-state index in [0.29, 0.717) is 0 Å². The van der Waals surface area contributed by atoms with E-state index in [1.807, 2.05) is 0 Å². The normalized spacial score (nSPS) is 37.1. The fourth-order valence-corrected chi connectivity index (χ4v) is 4.23. The van der Waals surface area contributed by atoms with Gasteiger partial charge >= 0.3 is 0 Å². The van der Waals surface area contributed by atoms with Gasteiger partial charge in [-0.05, 0) is 37.0 Å². The van der Waals surface area contributed by atoms with Crippen LogP contribution >= 0.6 is 0 Å². The second-order valence-electron chi connectivity index (χ2n) is 6.95. The van der Waals surface area contributed by atoms with Crippen molar-refractivity contribution >= 4 is 0 Å². The molecule has 17 heavy (non-hydrogen) atoms. The molecule has 2 saturated carbocycles. The second-order valence-corrected chi connectivity index (χ2v) is 6.95. The van der Waals surface area contributed by atoms with Crippen LogP contribution in [0.15, 0.2) is 0 Å². The fourth-order valence-electron chi connectivity index (χ4n) is 4.23. The molecule has 2 atom stereocenters. The van der Waals surface area contributed by atoms with E-state index in [0.717, 1.165) is 18.8 Å². The Morgan fingerprint density at radius 2 is 1.53 bits per heavy atom. The van der Waals surface area contributed by atoms with Gasteiger partial charge in [0.2, 0.25) is 0 Å². The first-order chi connectivity index (χ1) is 7.98. The predicted molar refractivity (Wildman–Crippen MR) is 73.7 cm³/mol. The highest BCUT2D eigenvalue weighted by Crippen LogP contribution is 2.49. The lowest BCUT2D eigenvalue weighted by molar-refractivity contribution is 0.0186. The Kier molecular flexibility index (Phi) is 3.84. The van der Waals surface area contributed by atoms with Crippen molar-refractivity contribution in [2.45, 2.75) is 83.2 Å². The largest absolute Gasteiger partial charge is 0.326 e. The van der Waals surface area contributed by atoms with E-state index >= 15 is 0 Å². The van der Waals surface area contributed by atoms with Crippen LogP contribution in [0.3, 0.4) is 0 Å². The molecule has 2 fully saturated rings. The Hall–Kier alpha value is -0.0800. The van der Waals surface area contributed by atoms with Gasteiger partial charge in [0.15, 0.2) is 0 Å². The lowest BCUT2D eigenvalue weighted by Crippen LogP contribution is -2.67. The predicted octanol–water partition coefficient (Wildman–Crippen LogP) is 3.19. The highest BCUT2D eigenvalue weighted by molar-refractivity contribution is 5.08. The molecule has 0 aromatic rings. The van der Waals surface area contributed by atoms with Crippen LogP contribution in [0.4, 0.5) is 0 Å². The standard InChI is InChI=1S/C15H30N2/c1-14(2,12-8-4-3-5-9-12)15(17)11-7-6-10-13(15)16/h12-13H,3-11,16-17H2,1-2H3. The Morgan fingerprint density at radius 1 is 0.941 bits per heavy atom. The summed E-state index contributed by atoms with van der Waals surface area (Å²) in [5, 5.41) is 0. The van der Waals surface area contributed by atoms with Gasteiger partial charge in [-0.15, -0.1) is 0 Å². The molecular formula is C15H30N2. The van der Waals surface area contributed by atoms with Gasteiger partial charge < -0.3 is 11.5 Å². The molecule has 0 saturated heterocycles. The third-order valence-electron chi connectivity index (χ3n) is 5.84. The first kappa shape index (κ1) is 13.4. The molecule has 2 unspecified atom stereocenters. The average molecular weight is 238 g/mol. The third-order valence-corrected chi connectivity index (χ3v) is 5.84. The molecule has 0 radical (unpaired) electrons. The van der Waals surface area contributed by atoms with Gasteiger partial charge in [-0.3, -0.25) is 0 Å². The molecule has 2 aliphatic rings. The van der Waals surface area contributed by atoms with Crippen LogP contribution in [0.5, 0.6) is 0 Å². The van der Waals surface area contributed by atoms with E-state index in [4.69, 9.17) is 11.5 Å². The molecule has 2 heteroatoms. The zero-order chi connectivity index (χ0) is 12.5. The van der Waals surface area contributed by atoms with Crippen LogP contribution in [0.2, 0.25) is 0 Å². The van der Waals surface area contributed by atoms with Gasteiger partial charge in [-0.2, -0.15) is 0 Å². The molecule has 0 bridgehead atoms. The summed E-state index contributed by atoms with van der Waals surface area (Å²) in [7, 11) is 0. The van der Waals surface area contributed by atoms with E-state index in [1.165, 1.54) is 44.9 Å². The number of nitrogens with two attached hydrogens (primary N) is 2. The van der Waals surface area contributed by atoms with Crippen molar-refractivity contribution in [3.8, 4) is 0 Å². The minimum Gasteiger partial charge on any atom is -0.326 e. The molecule has 0 aromatic carbocycles. The molecule has 0 amide bonds. The molecule has 2 nitrogen and oxygen atoms in total. The summed E-state index contributed by atoms with van der Waals surface area (Å²) >= 11 is 0.